The summed E-state index contributed by atoms with van der Waals surface area (Å²) in [5.41, 5.74) is 7.58. The molecule has 1 aromatic carbocycles. The second-order valence-corrected chi connectivity index (χ2v) is 4.18. The molecule has 2 aromatic rings. The van der Waals surface area contributed by atoms with E-state index in [-0.39, 0.29) is 6.01 Å². The molecule has 0 unspecified atom stereocenters. The van der Waals surface area contributed by atoms with Crippen LogP contribution in [-0.2, 0) is 0 Å². The minimum atomic E-state index is 0.164. The predicted molar refractivity (Wildman–Crippen MR) is 67.0 cm³/mol. The summed E-state index contributed by atoms with van der Waals surface area (Å²) in [6.07, 6.45) is 1.61. The Hall–Kier alpha value is -1.97. The van der Waals surface area contributed by atoms with Gasteiger partial charge >= 0.3 is 0 Å². The van der Waals surface area contributed by atoms with Gasteiger partial charge in [0.25, 0.3) is 6.01 Å². The number of oxazole rings is 1. The third-order valence-corrected chi connectivity index (χ3v) is 2.68. The van der Waals surface area contributed by atoms with Crippen molar-refractivity contribution in [2.75, 3.05) is 12.8 Å². The molecular weight excluding hydrogens is 216 g/mol. The van der Waals surface area contributed by atoms with Crippen molar-refractivity contribution in [2.24, 2.45) is 0 Å². The Labute approximate surface area is 100 Å². The number of nitrogens with zero attached hydrogens (tertiary/aromatic N) is 1. The summed E-state index contributed by atoms with van der Waals surface area (Å²) in [4.78, 5) is 3.90. The van der Waals surface area contributed by atoms with Crippen LogP contribution < -0.4 is 10.5 Å². The van der Waals surface area contributed by atoms with Crippen LogP contribution >= 0.6 is 0 Å². The highest BCUT2D eigenvalue weighted by molar-refractivity contribution is 5.67. The lowest BCUT2D eigenvalue weighted by Gasteiger charge is -2.10. The first-order chi connectivity index (χ1) is 8.11. The maximum atomic E-state index is 5.49. The van der Waals surface area contributed by atoms with E-state index in [1.54, 1.807) is 13.3 Å². The third kappa shape index (κ3) is 2.25. The normalized spacial score (nSPS) is 10.8. The number of anilines is 1. The van der Waals surface area contributed by atoms with Crippen LogP contribution in [-0.4, -0.2) is 12.1 Å². The fourth-order valence-corrected chi connectivity index (χ4v) is 1.69. The van der Waals surface area contributed by atoms with Crippen LogP contribution in [0.1, 0.15) is 25.3 Å². The summed E-state index contributed by atoms with van der Waals surface area (Å²) in [5, 5.41) is 0. The van der Waals surface area contributed by atoms with Gasteiger partial charge in [0.1, 0.15) is 5.75 Å². The van der Waals surface area contributed by atoms with Crippen LogP contribution in [0.15, 0.2) is 28.8 Å². The van der Waals surface area contributed by atoms with Crippen LogP contribution in [0.2, 0.25) is 0 Å². The largest absolute Gasteiger partial charge is 0.496 e. The maximum Gasteiger partial charge on any atom is 0.292 e. The summed E-state index contributed by atoms with van der Waals surface area (Å²) >= 11 is 0. The van der Waals surface area contributed by atoms with Gasteiger partial charge in [-0.25, -0.2) is 4.98 Å². The summed E-state index contributed by atoms with van der Waals surface area (Å²) in [6.45, 7) is 4.28. The molecule has 1 aromatic heterocycles. The van der Waals surface area contributed by atoms with Crippen molar-refractivity contribution in [3.05, 3.63) is 30.0 Å². The fraction of sp³-hybridized carbons (Fsp3) is 0.308. The molecule has 1 heterocycles. The molecule has 17 heavy (non-hydrogen) atoms. The van der Waals surface area contributed by atoms with E-state index in [1.165, 1.54) is 5.56 Å². The monoisotopic (exact) mass is 232 g/mol. The van der Waals surface area contributed by atoms with Crippen LogP contribution in [0.25, 0.3) is 11.3 Å². The number of hydrogen-bond acceptors (Lipinski definition) is 4. The van der Waals surface area contributed by atoms with Crippen LogP contribution in [0.5, 0.6) is 5.75 Å². The van der Waals surface area contributed by atoms with Crippen molar-refractivity contribution in [1.29, 1.82) is 0 Å². The molecule has 0 aliphatic heterocycles. The second kappa shape index (κ2) is 4.49. The summed E-state index contributed by atoms with van der Waals surface area (Å²) in [5.74, 6) is 1.83. The number of ether oxygens (including phenoxy) is 1. The van der Waals surface area contributed by atoms with Gasteiger partial charge in [-0.1, -0.05) is 19.9 Å². The van der Waals surface area contributed by atoms with E-state index in [1.807, 2.05) is 18.2 Å². The van der Waals surface area contributed by atoms with E-state index >= 15 is 0 Å². The SMILES string of the molecule is COc1ccc(C(C)C)cc1-c1cnc(N)o1. The molecule has 0 radical (unpaired) electrons. The first kappa shape index (κ1) is 11.5. The Morgan fingerprint density at radius 3 is 2.65 bits per heavy atom. The molecule has 0 bridgehead atoms. The van der Waals surface area contributed by atoms with Gasteiger partial charge in [0.05, 0.1) is 18.9 Å². The average molecular weight is 232 g/mol. The Balaban J connectivity index is 2.53. The van der Waals surface area contributed by atoms with Gasteiger partial charge in [-0.3, -0.25) is 0 Å². The quantitative estimate of drug-likeness (QED) is 0.883. The number of nitrogen functional groups attached to an aromatic ring is 1. The van der Waals surface area contributed by atoms with Gasteiger partial charge in [0.15, 0.2) is 5.76 Å². The number of hydrogen-bond donors (Lipinski definition) is 1. The van der Waals surface area contributed by atoms with Gasteiger partial charge in [-0.2, -0.15) is 0 Å². The fourth-order valence-electron chi connectivity index (χ4n) is 1.69. The van der Waals surface area contributed by atoms with Crippen molar-refractivity contribution >= 4 is 6.01 Å². The number of rotatable bonds is 3. The molecule has 2 N–H and O–H groups in total. The first-order valence-electron chi connectivity index (χ1n) is 5.51. The Bertz CT molecular complexity index is 518. The van der Waals surface area contributed by atoms with Crippen LogP contribution in [0.4, 0.5) is 6.01 Å². The molecule has 0 atom stereocenters. The molecule has 0 fully saturated rings. The van der Waals surface area contributed by atoms with Crippen molar-refractivity contribution < 1.29 is 9.15 Å². The zero-order valence-corrected chi connectivity index (χ0v) is 10.2. The lowest BCUT2D eigenvalue weighted by molar-refractivity contribution is 0.414. The molecule has 0 saturated carbocycles. The van der Waals surface area contributed by atoms with Gasteiger partial charge in [0, 0.05) is 0 Å². The van der Waals surface area contributed by atoms with Gasteiger partial charge in [-0.15, -0.1) is 0 Å². The van der Waals surface area contributed by atoms with Gasteiger partial charge in [0.2, 0.25) is 0 Å². The van der Waals surface area contributed by atoms with E-state index in [0.29, 0.717) is 11.7 Å². The number of methoxy groups -OCH3 is 1. The van der Waals surface area contributed by atoms with Gasteiger partial charge < -0.3 is 14.9 Å². The smallest absolute Gasteiger partial charge is 0.292 e. The Morgan fingerprint density at radius 1 is 1.35 bits per heavy atom. The van der Waals surface area contributed by atoms with Gasteiger partial charge in [-0.05, 0) is 23.6 Å². The van der Waals surface area contributed by atoms with E-state index in [4.69, 9.17) is 14.9 Å². The van der Waals surface area contributed by atoms with Crippen LogP contribution in [0.3, 0.4) is 0 Å². The molecule has 0 spiro atoms. The van der Waals surface area contributed by atoms with Crippen molar-refractivity contribution in [2.45, 2.75) is 19.8 Å². The minimum Gasteiger partial charge on any atom is -0.496 e. The lowest BCUT2D eigenvalue weighted by Crippen LogP contribution is -1.92. The van der Waals surface area contributed by atoms with Crippen molar-refractivity contribution in [3.63, 3.8) is 0 Å². The molecule has 0 aliphatic carbocycles. The molecule has 2 rings (SSSR count). The molecule has 4 nitrogen and oxygen atoms in total. The van der Waals surface area contributed by atoms with E-state index in [9.17, 15) is 0 Å². The topological polar surface area (TPSA) is 61.3 Å². The lowest BCUT2D eigenvalue weighted by atomic mass is 9.99. The average Bonchev–Trinajstić information content (AvgIpc) is 2.74. The van der Waals surface area contributed by atoms with E-state index in [0.717, 1.165) is 11.3 Å². The van der Waals surface area contributed by atoms with E-state index < -0.39 is 0 Å². The zero-order valence-electron chi connectivity index (χ0n) is 10.2. The molecule has 0 aliphatic rings. The summed E-state index contributed by atoms with van der Waals surface area (Å²) < 4.78 is 10.6. The highest BCUT2D eigenvalue weighted by Gasteiger charge is 2.12. The van der Waals surface area contributed by atoms with Crippen molar-refractivity contribution in [3.8, 4) is 17.1 Å². The number of nitrogens with two attached hydrogens (primary N) is 1. The first-order valence-corrected chi connectivity index (χ1v) is 5.51. The highest BCUT2D eigenvalue weighted by atomic mass is 16.5. The molecule has 90 valence electrons. The molecular formula is C13H16N2O2. The number of benzene rings is 1. The summed E-state index contributed by atoms with van der Waals surface area (Å²) in [7, 11) is 1.63. The minimum absolute atomic E-state index is 0.164. The van der Waals surface area contributed by atoms with E-state index in [2.05, 4.69) is 18.8 Å². The standard InChI is InChI=1S/C13H16N2O2/c1-8(2)9-4-5-11(16-3)10(6-9)12-7-15-13(14)17-12/h4-8H,1-3H3,(H2,14,15). The zero-order chi connectivity index (χ0) is 12.4. The molecule has 0 saturated heterocycles. The molecule has 0 amide bonds. The summed E-state index contributed by atoms with van der Waals surface area (Å²) in [6, 6.07) is 6.19. The Kier molecular flexibility index (Phi) is 3.04. The predicted octanol–water partition coefficient (Wildman–Crippen LogP) is 3.06. The molecule has 4 heteroatoms. The maximum absolute atomic E-state index is 5.49. The van der Waals surface area contributed by atoms with Crippen LogP contribution in [0, 0.1) is 0 Å². The third-order valence-electron chi connectivity index (χ3n) is 2.68. The Morgan fingerprint density at radius 2 is 2.12 bits per heavy atom. The second-order valence-electron chi connectivity index (χ2n) is 4.18. The number of aromatic nitrogens is 1. The van der Waals surface area contributed by atoms with Crippen molar-refractivity contribution in [1.82, 2.24) is 4.98 Å². The highest BCUT2D eigenvalue weighted by Crippen LogP contribution is 2.33.